The number of rotatable bonds is 8. The lowest BCUT2D eigenvalue weighted by Gasteiger charge is -2.13. The van der Waals surface area contributed by atoms with Gasteiger partial charge in [-0.15, -0.1) is 35.7 Å². The number of hydrogen-bond donors (Lipinski definition) is 2. The number of guanidine groups is 1. The first-order valence-corrected chi connectivity index (χ1v) is 8.85. The summed E-state index contributed by atoms with van der Waals surface area (Å²) >= 11 is 1.85. The van der Waals surface area contributed by atoms with Gasteiger partial charge in [0.05, 0.1) is 12.9 Å². The second-order valence-electron chi connectivity index (χ2n) is 5.19. The van der Waals surface area contributed by atoms with E-state index in [2.05, 4.69) is 58.7 Å². The van der Waals surface area contributed by atoms with E-state index in [1.807, 2.05) is 34.9 Å². The van der Waals surface area contributed by atoms with E-state index in [1.54, 1.807) is 6.20 Å². The van der Waals surface area contributed by atoms with Gasteiger partial charge in [0.25, 0.3) is 0 Å². The minimum absolute atomic E-state index is 0. The van der Waals surface area contributed by atoms with Crippen molar-refractivity contribution < 1.29 is 0 Å². The predicted octanol–water partition coefficient (Wildman–Crippen LogP) is 3.24. The predicted molar refractivity (Wildman–Crippen MR) is 113 cm³/mol. The van der Waals surface area contributed by atoms with E-state index in [1.165, 1.54) is 4.90 Å². The topological polar surface area (TPSA) is 54.2 Å². The van der Waals surface area contributed by atoms with E-state index in [4.69, 9.17) is 0 Å². The summed E-state index contributed by atoms with van der Waals surface area (Å²) in [5.74, 6) is 0.869. The maximum Gasteiger partial charge on any atom is 0.191 e. The molecule has 0 saturated heterocycles. The first kappa shape index (κ1) is 20.8. The van der Waals surface area contributed by atoms with Crippen LogP contribution in [0.15, 0.2) is 58.9 Å². The van der Waals surface area contributed by atoms with E-state index >= 15 is 0 Å². The first-order chi connectivity index (χ1) is 11.3. The Morgan fingerprint density at radius 3 is 2.75 bits per heavy atom. The van der Waals surface area contributed by atoms with Crippen LogP contribution in [0.4, 0.5) is 0 Å². The van der Waals surface area contributed by atoms with Crippen molar-refractivity contribution in [3.05, 3.63) is 49.1 Å². The van der Waals surface area contributed by atoms with Gasteiger partial charge in [0.1, 0.15) is 0 Å². The maximum atomic E-state index is 4.68. The summed E-state index contributed by atoms with van der Waals surface area (Å²) in [5.41, 5.74) is 0. The number of nitrogens with zero attached hydrogens (tertiary/aromatic N) is 3. The molecule has 1 heterocycles. The highest BCUT2D eigenvalue weighted by atomic mass is 127. The van der Waals surface area contributed by atoms with Crippen molar-refractivity contribution in [1.29, 1.82) is 0 Å². The SMILES string of the molecule is CCNC(=NCC(C)Sc1ccccc1)NCCn1ccnc1.I. The highest BCUT2D eigenvalue weighted by Crippen LogP contribution is 2.22. The van der Waals surface area contributed by atoms with Crippen LogP contribution >= 0.6 is 35.7 Å². The number of aliphatic imine (C=N–C) groups is 1. The number of hydrogen-bond acceptors (Lipinski definition) is 3. The van der Waals surface area contributed by atoms with Gasteiger partial charge in [-0.25, -0.2) is 4.98 Å². The first-order valence-electron chi connectivity index (χ1n) is 7.97. The van der Waals surface area contributed by atoms with E-state index in [-0.39, 0.29) is 24.0 Å². The molecule has 0 spiro atoms. The lowest BCUT2D eigenvalue weighted by molar-refractivity contribution is 0.662. The molecule has 0 aliphatic heterocycles. The second-order valence-corrected chi connectivity index (χ2v) is 6.70. The molecule has 1 aromatic carbocycles. The van der Waals surface area contributed by atoms with Crippen LogP contribution in [0.1, 0.15) is 13.8 Å². The summed E-state index contributed by atoms with van der Waals surface area (Å²) in [4.78, 5) is 10.0. The molecule has 5 nitrogen and oxygen atoms in total. The fourth-order valence-corrected chi connectivity index (χ4v) is 2.98. The lowest BCUT2D eigenvalue weighted by Crippen LogP contribution is -2.39. The molecule has 0 fully saturated rings. The zero-order valence-corrected chi connectivity index (χ0v) is 17.3. The minimum atomic E-state index is 0. The molecule has 0 radical (unpaired) electrons. The average molecular weight is 459 g/mol. The van der Waals surface area contributed by atoms with E-state index in [0.717, 1.165) is 32.1 Å². The zero-order chi connectivity index (χ0) is 16.3. The van der Waals surface area contributed by atoms with Crippen molar-refractivity contribution >= 4 is 41.7 Å². The van der Waals surface area contributed by atoms with E-state index < -0.39 is 0 Å². The van der Waals surface area contributed by atoms with Gasteiger partial charge < -0.3 is 15.2 Å². The number of benzene rings is 1. The highest BCUT2D eigenvalue weighted by molar-refractivity contribution is 14.0. The standard InChI is InChI=1S/C17H25N5S.HI/c1-3-19-17(20-10-12-22-11-9-18-14-22)21-13-15(2)23-16-7-5-4-6-8-16;/h4-9,11,14-15H,3,10,12-13H2,1-2H3,(H2,19,20,21);1H. The molecule has 1 aromatic heterocycles. The summed E-state index contributed by atoms with van der Waals surface area (Å²) in [6, 6.07) is 10.5. The molecule has 0 aliphatic rings. The highest BCUT2D eigenvalue weighted by Gasteiger charge is 2.04. The fourth-order valence-electron chi connectivity index (χ4n) is 2.05. The average Bonchev–Trinajstić information content (AvgIpc) is 3.07. The van der Waals surface area contributed by atoms with Gasteiger partial charge in [0.15, 0.2) is 5.96 Å². The zero-order valence-electron chi connectivity index (χ0n) is 14.2. The third-order valence-electron chi connectivity index (χ3n) is 3.15. The molecule has 0 aliphatic carbocycles. The number of imidazole rings is 1. The van der Waals surface area contributed by atoms with Crippen LogP contribution in [0.2, 0.25) is 0 Å². The van der Waals surface area contributed by atoms with Crippen LogP contribution in [0.25, 0.3) is 0 Å². The van der Waals surface area contributed by atoms with Crippen molar-refractivity contribution in [1.82, 2.24) is 20.2 Å². The molecular weight excluding hydrogens is 433 g/mol. The molecule has 1 unspecified atom stereocenters. The molecule has 0 saturated carbocycles. The molecule has 2 rings (SSSR count). The van der Waals surface area contributed by atoms with Gasteiger partial charge in [-0.1, -0.05) is 25.1 Å². The lowest BCUT2D eigenvalue weighted by atomic mass is 10.4. The van der Waals surface area contributed by atoms with Crippen LogP contribution in [-0.2, 0) is 6.54 Å². The van der Waals surface area contributed by atoms with Gasteiger partial charge >= 0.3 is 0 Å². The Labute approximate surface area is 165 Å². The Morgan fingerprint density at radius 2 is 2.08 bits per heavy atom. The quantitative estimate of drug-likeness (QED) is 0.276. The normalized spacial score (nSPS) is 12.3. The molecule has 7 heteroatoms. The molecule has 0 bridgehead atoms. The van der Waals surface area contributed by atoms with Gasteiger partial charge in [-0.2, -0.15) is 0 Å². The monoisotopic (exact) mass is 459 g/mol. The van der Waals surface area contributed by atoms with Crippen LogP contribution in [0, 0.1) is 0 Å². The number of aromatic nitrogens is 2. The summed E-state index contributed by atoms with van der Waals surface area (Å²) in [6.45, 7) is 7.61. The fraction of sp³-hybridized carbons (Fsp3) is 0.412. The summed E-state index contributed by atoms with van der Waals surface area (Å²) in [7, 11) is 0. The molecule has 24 heavy (non-hydrogen) atoms. The van der Waals surface area contributed by atoms with E-state index in [0.29, 0.717) is 5.25 Å². The Morgan fingerprint density at radius 1 is 1.29 bits per heavy atom. The van der Waals surface area contributed by atoms with Crippen LogP contribution in [0.5, 0.6) is 0 Å². The van der Waals surface area contributed by atoms with Gasteiger partial charge in [0, 0.05) is 42.2 Å². The number of nitrogens with one attached hydrogen (secondary N) is 2. The third-order valence-corrected chi connectivity index (χ3v) is 4.25. The molecule has 0 amide bonds. The Balaban J connectivity index is 0.00000288. The van der Waals surface area contributed by atoms with Crippen LogP contribution in [-0.4, -0.2) is 40.4 Å². The second kappa shape index (κ2) is 12.2. The minimum Gasteiger partial charge on any atom is -0.357 e. The summed E-state index contributed by atoms with van der Waals surface area (Å²) in [6.07, 6.45) is 5.58. The molecule has 132 valence electrons. The Kier molecular flexibility index (Phi) is 10.6. The smallest absolute Gasteiger partial charge is 0.191 e. The Bertz CT molecular complexity index is 574. The largest absolute Gasteiger partial charge is 0.357 e. The summed E-state index contributed by atoms with van der Waals surface area (Å²) in [5, 5.41) is 7.08. The van der Waals surface area contributed by atoms with Crippen molar-refractivity contribution in [2.24, 2.45) is 4.99 Å². The number of halogens is 1. The van der Waals surface area contributed by atoms with Crippen LogP contribution < -0.4 is 10.6 Å². The summed E-state index contributed by atoms with van der Waals surface area (Å²) < 4.78 is 2.05. The van der Waals surface area contributed by atoms with Crippen molar-refractivity contribution in [3.63, 3.8) is 0 Å². The van der Waals surface area contributed by atoms with E-state index in [9.17, 15) is 0 Å². The molecule has 2 N–H and O–H groups in total. The number of thioether (sulfide) groups is 1. The Hall–Kier alpha value is -1.22. The molecule has 2 aromatic rings. The molecule has 1 atom stereocenters. The maximum absolute atomic E-state index is 4.68. The van der Waals surface area contributed by atoms with Gasteiger partial charge in [0.2, 0.25) is 0 Å². The van der Waals surface area contributed by atoms with Gasteiger partial charge in [-0.05, 0) is 19.1 Å². The van der Waals surface area contributed by atoms with Crippen molar-refractivity contribution in [2.45, 2.75) is 30.5 Å². The molecular formula is C17H26IN5S. The van der Waals surface area contributed by atoms with Crippen molar-refractivity contribution in [3.8, 4) is 0 Å². The van der Waals surface area contributed by atoms with Crippen LogP contribution in [0.3, 0.4) is 0 Å². The van der Waals surface area contributed by atoms with Crippen molar-refractivity contribution in [2.75, 3.05) is 19.6 Å². The van der Waals surface area contributed by atoms with Gasteiger partial charge in [-0.3, -0.25) is 4.99 Å². The third kappa shape index (κ3) is 8.05.